The molecule has 0 amide bonds. The average Bonchev–Trinajstić information content (AvgIpc) is 2.20. The van der Waals surface area contributed by atoms with Gasteiger partial charge in [0.2, 0.25) is 5.43 Å². The summed E-state index contributed by atoms with van der Waals surface area (Å²) < 4.78 is 5.91. The Balaban J connectivity index is 2.96. The Kier molecular flexibility index (Phi) is 2.10. The first kappa shape index (κ1) is 8.97. The summed E-state index contributed by atoms with van der Waals surface area (Å²) in [6.45, 7) is 0. The van der Waals surface area contributed by atoms with Crippen LogP contribution in [0.2, 0.25) is 0 Å². The fourth-order valence-electron chi connectivity index (χ4n) is 1.18. The van der Waals surface area contributed by atoms with Crippen LogP contribution in [0.1, 0.15) is 5.56 Å². The molecular weight excluding hydrogens is 246 g/mol. The van der Waals surface area contributed by atoms with Gasteiger partial charge in [-0.15, -0.1) is 0 Å². The minimum atomic E-state index is -0.296. The highest BCUT2D eigenvalue weighted by molar-refractivity contribution is 9.10. The largest absolute Gasteiger partial charge is 0.463 e. The molecule has 0 saturated carbocycles. The maximum atomic E-state index is 11.6. The first-order valence-corrected chi connectivity index (χ1v) is 4.63. The van der Waals surface area contributed by atoms with E-state index in [1.54, 1.807) is 24.3 Å². The molecule has 0 aliphatic heterocycles. The molecule has 4 heteroatoms. The summed E-state index contributed by atoms with van der Waals surface area (Å²) in [5, 5.41) is 9.04. The highest BCUT2D eigenvalue weighted by atomic mass is 79.9. The topological polar surface area (TPSA) is 54.0 Å². The lowest BCUT2D eigenvalue weighted by Crippen LogP contribution is -2.04. The Morgan fingerprint density at radius 3 is 2.93 bits per heavy atom. The zero-order valence-corrected chi connectivity index (χ0v) is 8.54. The van der Waals surface area contributed by atoms with Gasteiger partial charge in [-0.1, -0.05) is 15.9 Å². The predicted octanol–water partition coefficient (Wildman–Crippen LogP) is 2.43. The van der Waals surface area contributed by atoms with E-state index in [0.717, 1.165) is 4.47 Å². The molecule has 0 radical (unpaired) electrons. The molecule has 0 N–H and O–H groups in total. The van der Waals surface area contributed by atoms with Gasteiger partial charge in [-0.3, -0.25) is 4.79 Å². The molecule has 0 fully saturated rings. The number of fused-ring (bicyclic) bond motifs is 1. The third-order valence-corrected chi connectivity index (χ3v) is 2.35. The van der Waals surface area contributed by atoms with Crippen LogP contribution in [0.15, 0.2) is 38.1 Å². The van der Waals surface area contributed by atoms with Gasteiger partial charge in [0.05, 0.1) is 5.39 Å². The molecule has 0 spiro atoms. The van der Waals surface area contributed by atoms with Crippen LogP contribution in [-0.2, 0) is 0 Å². The van der Waals surface area contributed by atoms with Crippen LogP contribution in [0.5, 0.6) is 0 Å². The van der Waals surface area contributed by atoms with Crippen LogP contribution in [0.4, 0.5) is 0 Å². The molecule has 0 saturated heterocycles. The monoisotopic (exact) mass is 249 g/mol. The van der Waals surface area contributed by atoms with E-state index >= 15 is 0 Å². The molecule has 1 aromatic carbocycles. The van der Waals surface area contributed by atoms with Gasteiger partial charge in [0.1, 0.15) is 23.5 Å². The zero-order valence-electron chi connectivity index (χ0n) is 6.95. The van der Waals surface area contributed by atoms with Gasteiger partial charge in [0.15, 0.2) is 0 Å². The van der Waals surface area contributed by atoms with Crippen molar-refractivity contribution in [3.05, 3.63) is 44.7 Å². The summed E-state index contributed by atoms with van der Waals surface area (Å²) in [6, 6.07) is 6.88. The van der Waals surface area contributed by atoms with Crippen LogP contribution in [0.3, 0.4) is 0 Å². The fraction of sp³-hybridized carbons (Fsp3) is 0. The van der Waals surface area contributed by atoms with Gasteiger partial charge in [0.25, 0.3) is 0 Å². The maximum Gasteiger partial charge on any atom is 0.210 e. The number of hydrogen-bond donors (Lipinski definition) is 0. The number of hydrogen-bond acceptors (Lipinski definition) is 3. The second kappa shape index (κ2) is 3.28. The van der Waals surface area contributed by atoms with Crippen molar-refractivity contribution in [1.82, 2.24) is 0 Å². The van der Waals surface area contributed by atoms with Gasteiger partial charge < -0.3 is 4.42 Å². The average molecular weight is 250 g/mol. The van der Waals surface area contributed by atoms with Crippen molar-refractivity contribution >= 4 is 26.9 Å². The van der Waals surface area contributed by atoms with Gasteiger partial charge >= 0.3 is 0 Å². The van der Waals surface area contributed by atoms with Crippen LogP contribution < -0.4 is 5.43 Å². The molecule has 0 atom stereocenters. The van der Waals surface area contributed by atoms with E-state index in [2.05, 4.69) is 15.9 Å². The number of halogens is 1. The molecule has 0 aliphatic rings. The predicted molar refractivity (Wildman–Crippen MR) is 54.9 cm³/mol. The Morgan fingerprint density at radius 1 is 1.43 bits per heavy atom. The molecule has 0 bridgehead atoms. The molecule has 0 unspecified atom stereocenters. The van der Waals surface area contributed by atoms with Gasteiger partial charge in [-0.2, -0.15) is 5.26 Å². The highest BCUT2D eigenvalue weighted by Crippen LogP contribution is 2.17. The zero-order chi connectivity index (χ0) is 10.1. The summed E-state index contributed by atoms with van der Waals surface area (Å²) in [5.41, 5.74) is 0.211. The first-order valence-electron chi connectivity index (χ1n) is 3.83. The number of benzene rings is 1. The lowest BCUT2D eigenvalue weighted by molar-refractivity contribution is 0.600. The molecular formula is C10H4BrNO2. The molecule has 14 heavy (non-hydrogen) atoms. The van der Waals surface area contributed by atoms with E-state index in [4.69, 9.17) is 9.68 Å². The van der Waals surface area contributed by atoms with Crippen molar-refractivity contribution in [2.45, 2.75) is 0 Å². The van der Waals surface area contributed by atoms with Crippen molar-refractivity contribution < 1.29 is 4.42 Å². The summed E-state index contributed by atoms with van der Waals surface area (Å²) in [7, 11) is 0. The van der Waals surface area contributed by atoms with Gasteiger partial charge in [-0.05, 0) is 18.2 Å². The molecule has 2 rings (SSSR count). The van der Waals surface area contributed by atoms with Crippen molar-refractivity contribution in [2.24, 2.45) is 0 Å². The molecule has 68 valence electrons. The Labute approximate surface area is 87.7 Å². The fourth-order valence-corrected chi connectivity index (χ4v) is 1.54. The van der Waals surface area contributed by atoms with Gasteiger partial charge in [0, 0.05) is 4.47 Å². The third-order valence-electron chi connectivity index (χ3n) is 1.86. The number of rotatable bonds is 0. The van der Waals surface area contributed by atoms with E-state index in [9.17, 15) is 4.79 Å². The van der Waals surface area contributed by atoms with Gasteiger partial charge in [-0.25, -0.2) is 0 Å². The lowest BCUT2D eigenvalue weighted by Gasteiger charge is -1.96. The Morgan fingerprint density at radius 2 is 2.21 bits per heavy atom. The standard InChI is InChI=1S/C10H4BrNO2/c11-7-1-2-9-8(3-7)10(13)6(4-12)5-14-9/h1-3,5H. The van der Waals surface area contributed by atoms with Crippen molar-refractivity contribution in [3.8, 4) is 6.07 Å². The van der Waals surface area contributed by atoms with E-state index in [0.29, 0.717) is 11.0 Å². The van der Waals surface area contributed by atoms with E-state index in [1.165, 1.54) is 6.26 Å². The second-order valence-corrected chi connectivity index (χ2v) is 3.65. The summed E-state index contributed by atoms with van der Waals surface area (Å²) in [4.78, 5) is 11.6. The molecule has 1 aromatic heterocycles. The first-order chi connectivity index (χ1) is 6.72. The minimum absolute atomic E-state index is 0.0237. The number of nitriles is 1. The molecule has 1 heterocycles. The summed E-state index contributed by atoms with van der Waals surface area (Å²) in [6.07, 6.45) is 1.18. The van der Waals surface area contributed by atoms with Crippen LogP contribution in [-0.4, -0.2) is 0 Å². The van der Waals surface area contributed by atoms with Crippen LogP contribution >= 0.6 is 15.9 Å². The Bertz CT molecular complexity index is 595. The lowest BCUT2D eigenvalue weighted by atomic mass is 10.2. The second-order valence-electron chi connectivity index (χ2n) is 2.73. The summed E-state index contributed by atoms with van der Waals surface area (Å²) in [5.74, 6) is 0. The van der Waals surface area contributed by atoms with Crippen molar-refractivity contribution in [1.29, 1.82) is 5.26 Å². The van der Waals surface area contributed by atoms with E-state index in [1.807, 2.05) is 0 Å². The third kappa shape index (κ3) is 1.32. The highest BCUT2D eigenvalue weighted by Gasteiger charge is 2.05. The molecule has 3 nitrogen and oxygen atoms in total. The molecule has 2 aromatic rings. The molecule has 0 aliphatic carbocycles. The quantitative estimate of drug-likeness (QED) is 0.721. The Hall–Kier alpha value is -1.60. The smallest absolute Gasteiger partial charge is 0.210 e. The van der Waals surface area contributed by atoms with Crippen molar-refractivity contribution in [3.63, 3.8) is 0 Å². The van der Waals surface area contributed by atoms with Crippen molar-refractivity contribution in [2.75, 3.05) is 0 Å². The number of nitrogens with zero attached hydrogens (tertiary/aromatic N) is 1. The normalized spacial score (nSPS) is 10.0. The van der Waals surface area contributed by atoms with Crippen LogP contribution in [0, 0.1) is 11.3 Å². The van der Waals surface area contributed by atoms with E-state index < -0.39 is 0 Å². The minimum Gasteiger partial charge on any atom is -0.463 e. The van der Waals surface area contributed by atoms with Crippen LogP contribution in [0.25, 0.3) is 11.0 Å². The van der Waals surface area contributed by atoms with E-state index in [-0.39, 0.29) is 11.0 Å². The maximum absolute atomic E-state index is 11.6. The SMILES string of the molecule is N#Cc1coc2ccc(Br)cc2c1=O. The summed E-state index contributed by atoms with van der Waals surface area (Å²) >= 11 is 3.25.